The summed E-state index contributed by atoms with van der Waals surface area (Å²) in [5.41, 5.74) is 9.24. The number of nitrogens with two attached hydrogens (primary N) is 1. The molecular weight excluding hydrogens is 310 g/mol. The first-order valence-electron chi connectivity index (χ1n) is 8.81. The van der Waals surface area contributed by atoms with E-state index in [-0.39, 0.29) is 24.4 Å². The lowest BCUT2D eigenvalue weighted by molar-refractivity contribution is 0.0713. The fraction of sp³-hybridized carbons (Fsp3) is 0.722. The Morgan fingerprint density at radius 3 is 2.30 bits per heavy atom. The van der Waals surface area contributed by atoms with Gasteiger partial charge in [-0.05, 0) is 45.6 Å². The number of hydrogen-bond donors (Lipinski definition) is 1. The van der Waals surface area contributed by atoms with Crippen LogP contribution in [0.5, 0.6) is 0 Å². The van der Waals surface area contributed by atoms with E-state index >= 15 is 0 Å². The number of amides is 1. The van der Waals surface area contributed by atoms with E-state index in [1.807, 2.05) is 4.90 Å². The molecule has 1 saturated carbocycles. The SMILES string of the molecule is Cc1cc(C(=O)N2CCC(N)CC2)c(C)n1C1CCCCC1.Cl. The molecule has 2 N–H and O–H groups in total. The summed E-state index contributed by atoms with van der Waals surface area (Å²) in [6, 6.07) is 2.95. The van der Waals surface area contributed by atoms with Gasteiger partial charge in [0.25, 0.3) is 5.91 Å². The van der Waals surface area contributed by atoms with Gasteiger partial charge in [-0.1, -0.05) is 19.3 Å². The normalized spacial score (nSPS) is 20.4. The minimum Gasteiger partial charge on any atom is -0.345 e. The highest BCUT2D eigenvalue weighted by Crippen LogP contribution is 2.32. The first kappa shape index (κ1) is 18.3. The number of carbonyl (C=O) groups excluding carboxylic acids is 1. The average Bonchev–Trinajstić information content (AvgIpc) is 2.83. The van der Waals surface area contributed by atoms with Crippen molar-refractivity contribution in [1.29, 1.82) is 0 Å². The molecule has 0 radical (unpaired) electrons. The van der Waals surface area contributed by atoms with E-state index in [0.29, 0.717) is 6.04 Å². The summed E-state index contributed by atoms with van der Waals surface area (Å²) in [4.78, 5) is 14.8. The van der Waals surface area contributed by atoms with Crippen molar-refractivity contribution in [2.24, 2.45) is 5.73 Å². The van der Waals surface area contributed by atoms with Crippen molar-refractivity contribution < 1.29 is 4.79 Å². The third-order valence-corrected chi connectivity index (χ3v) is 5.48. The highest BCUT2D eigenvalue weighted by molar-refractivity contribution is 5.95. The van der Waals surface area contributed by atoms with Crippen LogP contribution < -0.4 is 5.73 Å². The highest BCUT2D eigenvalue weighted by atomic mass is 35.5. The fourth-order valence-electron chi connectivity index (χ4n) is 4.17. The molecule has 1 amide bonds. The molecule has 3 rings (SSSR count). The molecule has 1 aromatic rings. The van der Waals surface area contributed by atoms with Gasteiger partial charge in [0.05, 0.1) is 5.56 Å². The van der Waals surface area contributed by atoms with Gasteiger partial charge < -0.3 is 15.2 Å². The summed E-state index contributed by atoms with van der Waals surface area (Å²) in [6.07, 6.45) is 8.34. The van der Waals surface area contributed by atoms with Crippen molar-refractivity contribution in [2.75, 3.05) is 13.1 Å². The number of nitrogens with zero attached hydrogens (tertiary/aromatic N) is 2. The Morgan fingerprint density at radius 1 is 1.09 bits per heavy atom. The average molecular weight is 340 g/mol. The topological polar surface area (TPSA) is 51.3 Å². The first-order valence-corrected chi connectivity index (χ1v) is 8.81. The van der Waals surface area contributed by atoms with Crippen LogP contribution >= 0.6 is 12.4 Å². The van der Waals surface area contributed by atoms with Crippen LogP contribution in [0.4, 0.5) is 0 Å². The van der Waals surface area contributed by atoms with E-state index in [4.69, 9.17) is 5.73 Å². The van der Waals surface area contributed by atoms with Crippen LogP contribution in [0.3, 0.4) is 0 Å². The number of likely N-dealkylation sites (tertiary alicyclic amines) is 1. The molecule has 0 bridgehead atoms. The maximum atomic E-state index is 12.8. The minimum atomic E-state index is 0. The summed E-state index contributed by atoms with van der Waals surface area (Å²) < 4.78 is 2.42. The minimum absolute atomic E-state index is 0. The van der Waals surface area contributed by atoms with Crippen molar-refractivity contribution in [2.45, 2.75) is 70.9 Å². The van der Waals surface area contributed by atoms with Crippen molar-refractivity contribution in [3.05, 3.63) is 23.0 Å². The summed E-state index contributed by atoms with van der Waals surface area (Å²) in [5, 5.41) is 0. The Morgan fingerprint density at radius 2 is 1.70 bits per heavy atom. The molecule has 130 valence electrons. The van der Waals surface area contributed by atoms with Crippen molar-refractivity contribution in [1.82, 2.24) is 9.47 Å². The monoisotopic (exact) mass is 339 g/mol. The molecule has 1 aliphatic heterocycles. The van der Waals surface area contributed by atoms with Gasteiger partial charge in [-0.15, -0.1) is 12.4 Å². The molecule has 23 heavy (non-hydrogen) atoms. The van der Waals surface area contributed by atoms with Gasteiger partial charge in [-0.2, -0.15) is 0 Å². The Hall–Kier alpha value is -1.000. The molecule has 0 unspecified atom stereocenters. The van der Waals surface area contributed by atoms with Gasteiger partial charge >= 0.3 is 0 Å². The third kappa shape index (κ3) is 3.74. The van der Waals surface area contributed by atoms with Gasteiger partial charge in [0, 0.05) is 36.6 Å². The van der Waals surface area contributed by atoms with Gasteiger partial charge in [-0.25, -0.2) is 0 Å². The van der Waals surface area contributed by atoms with Crippen LogP contribution in [0, 0.1) is 13.8 Å². The van der Waals surface area contributed by atoms with E-state index in [0.717, 1.165) is 37.2 Å². The lowest BCUT2D eigenvalue weighted by Gasteiger charge is -2.30. The largest absolute Gasteiger partial charge is 0.345 e. The zero-order valence-electron chi connectivity index (χ0n) is 14.4. The molecule has 1 aromatic heterocycles. The van der Waals surface area contributed by atoms with Gasteiger partial charge in [0.1, 0.15) is 0 Å². The predicted molar refractivity (Wildman–Crippen MR) is 96.4 cm³/mol. The number of aryl methyl sites for hydroxylation is 1. The lowest BCUT2D eigenvalue weighted by atomic mass is 9.95. The predicted octanol–water partition coefficient (Wildman–Crippen LogP) is 3.60. The second-order valence-corrected chi connectivity index (χ2v) is 7.08. The molecule has 4 nitrogen and oxygen atoms in total. The molecule has 0 aromatic carbocycles. The molecule has 0 atom stereocenters. The summed E-state index contributed by atoms with van der Waals surface area (Å²) in [5.74, 6) is 0.196. The van der Waals surface area contributed by atoms with Crippen LogP contribution in [0.1, 0.15) is 72.7 Å². The van der Waals surface area contributed by atoms with E-state index in [2.05, 4.69) is 24.5 Å². The molecule has 2 heterocycles. The molecule has 5 heteroatoms. The summed E-state index contributed by atoms with van der Waals surface area (Å²) in [6.45, 7) is 5.86. The second-order valence-electron chi connectivity index (χ2n) is 7.08. The van der Waals surface area contributed by atoms with Gasteiger partial charge in [-0.3, -0.25) is 4.79 Å². The smallest absolute Gasteiger partial charge is 0.255 e. The van der Waals surface area contributed by atoms with E-state index < -0.39 is 0 Å². The number of hydrogen-bond acceptors (Lipinski definition) is 2. The Labute approximate surface area is 145 Å². The van der Waals surface area contributed by atoms with Crippen molar-refractivity contribution >= 4 is 18.3 Å². The van der Waals surface area contributed by atoms with E-state index in [1.165, 1.54) is 37.8 Å². The first-order chi connectivity index (χ1) is 10.6. The number of carbonyl (C=O) groups is 1. The molecule has 2 fully saturated rings. The van der Waals surface area contributed by atoms with Crippen molar-refractivity contribution in [3.63, 3.8) is 0 Å². The van der Waals surface area contributed by atoms with E-state index in [1.54, 1.807) is 0 Å². The summed E-state index contributed by atoms with van der Waals surface area (Å²) >= 11 is 0. The fourth-order valence-corrected chi connectivity index (χ4v) is 4.17. The Kier molecular flexibility index (Phi) is 6.15. The van der Waals surface area contributed by atoms with Crippen LogP contribution in [0.2, 0.25) is 0 Å². The zero-order valence-corrected chi connectivity index (χ0v) is 15.2. The van der Waals surface area contributed by atoms with Crippen LogP contribution in [-0.4, -0.2) is 34.5 Å². The quantitative estimate of drug-likeness (QED) is 0.895. The maximum absolute atomic E-state index is 12.8. The highest BCUT2D eigenvalue weighted by Gasteiger charge is 2.27. The Balaban J connectivity index is 0.00000192. The maximum Gasteiger partial charge on any atom is 0.255 e. The Bertz CT molecular complexity index is 541. The second kappa shape index (κ2) is 7.71. The standard InChI is InChI=1S/C18H29N3O.ClH/c1-13-12-17(18(22)20-10-8-15(19)9-11-20)14(2)21(13)16-6-4-3-5-7-16;/h12,15-16H,3-11,19H2,1-2H3;1H. The molecule has 1 aliphatic carbocycles. The van der Waals surface area contributed by atoms with Crippen LogP contribution in [0.25, 0.3) is 0 Å². The number of piperidine rings is 1. The van der Waals surface area contributed by atoms with Gasteiger partial charge in [0.2, 0.25) is 0 Å². The van der Waals surface area contributed by atoms with Crippen LogP contribution in [-0.2, 0) is 0 Å². The lowest BCUT2D eigenvalue weighted by Crippen LogP contribution is -2.43. The van der Waals surface area contributed by atoms with Crippen LogP contribution in [0.15, 0.2) is 6.07 Å². The molecule has 0 spiro atoms. The van der Waals surface area contributed by atoms with E-state index in [9.17, 15) is 4.79 Å². The zero-order chi connectivity index (χ0) is 15.7. The molecular formula is C18H30ClN3O. The van der Waals surface area contributed by atoms with Gasteiger partial charge in [0.15, 0.2) is 0 Å². The van der Waals surface area contributed by atoms with Crippen molar-refractivity contribution in [3.8, 4) is 0 Å². The molecule has 1 saturated heterocycles. The molecule has 2 aliphatic rings. The summed E-state index contributed by atoms with van der Waals surface area (Å²) in [7, 11) is 0. The third-order valence-electron chi connectivity index (χ3n) is 5.48. The number of rotatable bonds is 2. The number of aromatic nitrogens is 1. The number of halogens is 1.